The van der Waals surface area contributed by atoms with Crippen molar-refractivity contribution < 1.29 is 4.74 Å². The second-order valence-electron chi connectivity index (χ2n) is 6.59. The van der Waals surface area contributed by atoms with Crippen LogP contribution in [0.15, 0.2) is 41.2 Å². The van der Waals surface area contributed by atoms with Crippen LogP contribution >= 0.6 is 22.9 Å². The Morgan fingerprint density at radius 2 is 1.96 bits per heavy atom. The molecule has 0 aliphatic carbocycles. The molecule has 0 unspecified atom stereocenters. The van der Waals surface area contributed by atoms with Gasteiger partial charge in [0.1, 0.15) is 11.3 Å². The molecule has 4 rings (SSSR count). The van der Waals surface area contributed by atoms with E-state index in [0.29, 0.717) is 5.02 Å². The van der Waals surface area contributed by atoms with E-state index >= 15 is 0 Å². The first-order valence-corrected chi connectivity index (χ1v) is 9.56. The highest BCUT2D eigenvalue weighted by molar-refractivity contribution is 7.25. The van der Waals surface area contributed by atoms with Gasteiger partial charge < -0.3 is 14.2 Å². The van der Waals surface area contributed by atoms with Gasteiger partial charge in [-0.3, -0.25) is 4.79 Å². The average molecular weight is 387 g/mol. The largest absolute Gasteiger partial charge is 0.497 e. The Hall–Kier alpha value is -2.08. The fourth-order valence-electron chi connectivity index (χ4n) is 3.30. The highest BCUT2D eigenvalue weighted by Crippen LogP contribution is 2.36. The van der Waals surface area contributed by atoms with E-state index in [1.807, 2.05) is 50.5 Å². The number of benzene rings is 2. The van der Waals surface area contributed by atoms with Crippen molar-refractivity contribution in [2.45, 2.75) is 6.54 Å². The zero-order valence-corrected chi connectivity index (χ0v) is 16.4. The first-order valence-electron chi connectivity index (χ1n) is 8.36. The SMILES string of the molecule is COc1ccc2c(=O)c3c(sc2c1)c1cc(Cl)ccc1n3CCN(C)C. The molecule has 0 spiro atoms. The molecule has 2 heterocycles. The number of hydrogen-bond donors (Lipinski definition) is 0. The number of rotatable bonds is 4. The van der Waals surface area contributed by atoms with Crippen LogP contribution in [0.5, 0.6) is 5.75 Å². The Balaban J connectivity index is 2.13. The number of methoxy groups -OCH3 is 1. The van der Waals surface area contributed by atoms with E-state index in [9.17, 15) is 4.79 Å². The van der Waals surface area contributed by atoms with Gasteiger partial charge in [0, 0.05) is 33.6 Å². The number of aromatic nitrogens is 1. The maximum Gasteiger partial charge on any atom is 0.212 e. The van der Waals surface area contributed by atoms with Gasteiger partial charge in [0.05, 0.1) is 17.3 Å². The lowest BCUT2D eigenvalue weighted by Gasteiger charge is -2.12. The Kier molecular flexibility index (Phi) is 4.39. The third kappa shape index (κ3) is 2.76. The summed E-state index contributed by atoms with van der Waals surface area (Å²) < 4.78 is 9.36. The number of fused-ring (bicyclic) bond motifs is 4. The van der Waals surface area contributed by atoms with Crippen LogP contribution in [0.25, 0.3) is 31.2 Å². The van der Waals surface area contributed by atoms with Crippen molar-refractivity contribution >= 4 is 54.1 Å². The van der Waals surface area contributed by atoms with Crippen molar-refractivity contribution in [1.29, 1.82) is 0 Å². The van der Waals surface area contributed by atoms with Crippen molar-refractivity contribution in [2.75, 3.05) is 27.7 Å². The van der Waals surface area contributed by atoms with E-state index in [2.05, 4.69) is 9.47 Å². The lowest BCUT2D eigenvalue weighted by Crippen LogP contribution is -2.19. The van der Waals surface area contributed by atoms with Gasteiger partial charge in [-0.25, -0.2) is 0 Å². The molecule has 0 saturated heterocycles. The van der Waals surface area contributed by atoms with Gasteiger partial charge in [0.15, 0.2) is 0 Å². The Morgan fingerprint density at radius 3 is 2.69 bits per heavy atom. The van der Waals surface area contributed by atoms with E-state index < -0.39 is 0 Å². The van der Waals surface area contributed by atoms with Gasteiger partial charge in [-0.2, -0.15) is 0 Å². The van der Waals surface area contributed by atoms with Crippen LogP contribution in [0.2, 0.25) is 5.02 Å². The Morgan fingerprint density at radius 1 is 1.15 bits per heavy atom. The molecule has 0 N–H and O–H groups in total. The van der Waals surface area contributed by atoms with Crippen LogP contribution in [0.1, 0.15) is 0 Å². The lowest BCUT2D eigenvalue weighted by atomic mass is 10.2. The Bertz CT molecular complexity index is 1190. The molecule has 0 bridgehead atoms. The number of hydrogen-bond acceptors (Lipinski definition) is 4. The average Bonchev–Trinajstić information content (AvgIpc) is 2.92. The fourth-order valence-corrected chi connectivity index (χ4v) is 4.71. The van der Waals surface area contributed by atoms with Gasteiger partial charge in [-0.1, -0.05) is 11.6 Å². The van der Waals surface area contributed by atoms with E-state index in [1.165, 1.54) is 0 Å². The molecule has 4 nitrogen and oxygen atoms in total. The minimum absolute atomic E-state index is 0.0579. The summed E-state index contributed by atoms with van der Waals surface area (Å²) in [5.74, 6) is 0.752. The number of ether oxygens (including phenoxy) is 1. The summed E-state index contributed by atoms with van der Waals surface area (Å²) >= 11 is 7.87. The lowest BCUT2D eigenvalue weighted by molar-refractivity contribution is 0.389. The highest BCUT2D eigenvalue weighted by atomic mass is 35.5. The molecule has 2 aromatic heterocycles. The molecule has 2 aromatic carbocycles. The van der Waals surface area contributed by atoms with Gasteiger partial charge in [0.2, 0.25) is 5.43 Å². The molecule has 0 saturated carbocycles. The molecule has 4 aromatic rings. The summed E-state index contributed by atoms with van der Waals surface area (Å²) in [4.78, 5) is 15.4. The van der Waals surface area contributed by atoms with Gasteiger partial charge in [-0.05, 0) is 50.5 Å². The smallest absolute Gasteiger partial charge is 0.212 e. The summed E-state index contributed by atoms with van der Waals surface area (Å²) in [5, 5.41) is 2.43. The number of nitrogens with zero attached hydrogens (tertiary/aromatic N) is 2. The minimum atomic E-state index is 0.0579. The van der Waals surface area contributed by atoms with Crippen LogP contribution < -0.4 is 10.2 Å². The van der Waals surface area contributed by atoms with Crippen LogP contribution in [-0.2, 0) is 6.54 Å². The zero-order valence-electron chi connectivity index (χ0n) is 14.9. The van der Waals surface area contributed by atoms with Crippen molar-refractivity contribution in [3.63, 3.8) is 0 Å². The second-order valence-corrected chi connectivity index (χ2v) is 8.08. The normalized spacial score (nSPS) is 11.9. The topological polar surface area (TPSA) is 34.5 Å². The number of likely N-dealkylation sites (N-methyl/N-ethyl adjacent to an activating group) is 1. The summed E-state index contributed by atoms with van der Waals surface area (Å²) in [5.41, 5.74) is 1.86. The third-order valence-electron chi connectivity index (χ3n) is 4.61. The first-order chi connectivity index (χ1) is 12.5. The minimum Gasteiger partial charge on any atom is -0.497 e. The molecule has 6 heteroatoms. The molecule has 134 valence electrons. The van der Waals surface area contributed by atoms with Crippen LogP contribution in [0, 0.1) is 0 Å². The Labute approximate surface area is 160 Å². The maximum absolute atomic E-state index is 13.3. The van der Waals surface area contributed by atoms with Crippen molar-refractivity contribution in [3.8, 4) is 5.75 Å². The molecule has 0 amide bonds. The monoisotopic (exact) mass is 386 g/mol. The van der Waals surface area contributed by atoms with Crippen LogP contribution in [-0.4, -0.2) is 37.2 Å². The van der Waals surface area contributed by atoms with E-state index in [1.54, 1.807) is 18.4 Å². The molecular formula is C20H19ClN2O2S. The molecule has 0 aliphatic heterocycles. The fraction of sp³-hybridized carbons (Fsp3) is 0.250. The third-order valence-corrected chi connectivity index (χ3v) is 6.02. The van der Waals surface area contributed by atoms with Crippen molar-refractivity contribution in [1.82, 2.24) is 9.47 Å². The predicted octanol–water partition coefficient (Wildman–Crippen LogP) is 4.59. The quantitative estimate of drug-likeness (QED) is 0.514. The molecule has 0 atom stereocenters. The maximum atomic E-state index is 13.3. The van der Waals surface area contributed by atoms with Crippen LogP contribution in [0.4, 0.5) is 0 Å². The molecule has 0 radical (unpaired) electrons. The van der Waals surface area contributed by atoms with Crippen molar-refractivity contribution in [3.05, 3.63) is 51.6 Å². The number of halogens is 1. The molecule has 26 heavy (non-hydrogen) atoms. The van der Waals surface area contributed by atoms with Gasteiger partial charge >= 0.3 is 0 Å². The molecular weight excluding hydrogens is 368 g/mol. The first kappa shape index (κ1) is 17.3. The van der Waals surface area contributed by atoms with E-state index in [-0.39, 0.29) is 5.43 Å². The highest BCUT2D eigenvalue weighted by Gasteiger charge is 2.17. The molecule has 0 fully saturated rings. The zero-order chi connectivity index (χ0) is 18.4. The van der Waals surface area contributed by atoms with Crippen molar-refractivity contribution in [2.24, 2.45) is 0 Å². The van der Waals surface area contributed by atoms with E-state index in [0.717, 1.165) is 50.0 Å². The second kappa shape index (κ2) is 6.58. The molecule has 0 aliphatic rings. The predicted molar refractivity (Wildman–Crippen MR) is 111 cm³/mol. The standard InChI is InChI=1S/C20H19ClN2O2S/c1-22(2)8-9-23-16-7-4-12(21)10-15(16)20-18(23)19(24)14-6-5-13(25-3)11-17(14)26-20/h4-7,10-11H,8-9H2,1-3H3. The summed E-state index contributed by atoms with van der Waals surface area (Å²) in [6, 6.07) is 11.5. The van der Waals surface area contributed by atoms with Gasteiger partial charge in [-0.15, -0.1) is 11.3 Å². The van der Waals surface area contributed by atoms with Crippen LogP contribution in [0.3, 0.4) is 0 Å². The van der Waals surface area contributed by atoms with E-state index in [4.69, 9.17) is 16.3 Å². The summed E-state index contributed by atoms with van der Waals surface area (Å²) in [6.45, 7) is 1.60. The van der Waals surface area contributed by atoms with Gasteiger partial charge in [0.25, 0.3) is 0 Å². The summed E-state index contributed by atoms with van der Waals surface area (Å²) in [6.07, 6.45) is 0. The summed E-state index contributed by atoms with van der Waals surface area (Å²) in [7, 11) is 5.70.